The first-order chi connectivity index (χ1) is 10.0. The molecule has 4 nitrogen and oxygen atoms in total. The van der Waals surface area contributed by atoms with Crippen LogP contribution in [-0.2, 0) is 0 Å². The van der Waals surface area contributed by atoms with Crippen LogP contribution in [0.25, 0.3) is 6.08 Å². The SMILES string of the molecule is COc1ccc(C=CC(=O)c2c(C)cc(C)[nH]c2=O)cc1. The molecule has 0 spiro atoms. The molecule has 4 heteroatoms. The summed E-state index contributed by atoms with van der Waals surface area (Å²) in [5.74, 6) is 0.453. The average Bonchev–Trinajstić information content (AvgIpc) is 2.44. The molecule has 0 aliphatic heterocycles. The van der Waals surface area contributed by atoms with Gasteiger partial charge in [0.1, 0.15) is 5.75 Å². The van der Waals surface area contributed by atoms with Crippen molar-refractivity contribution in [3.05, 3.63) is 69.1 Å². The molecule has 0 atom stereocenters. The summed E-state index contributed by atoms with van der Waals surface area (Å²) in [6, 6.07) is 9.10. The number of aryl methyl sites for hydroxylation is 2. The second-order valence-corrected chi connectivity index (χ2v) is 4.81. The largest absolute Gasteiger partial charge is 0.497 e. The quantitative estimate of drug-likeness (QED) is 0.693. The molecular weight excluding hydrogens is 266 g/mol. The fraction of sp³-hybridized carbons (Fsp3) is 0.176. The average molecular weight is 283 g/mol. The van der Waals surface area contributed by atoms with Gasteiger partial charge in [0.25, 0.3) is 5.56 Å². The Bertz CT molecular complexity index is 740. The van der Waals surface area contributed by atoms with Crippen molar-refractivity contribution >= 4 is 11.9 Å². The number of aromatic amines is 1. The maximum absolute atomic E-state index is 12.2. The standard InChI is InChI=1S/C17H17NO3/c1-11-10-12(2)18-17(20)16(11)15(19)9-6-13-4-7-14(21-3)8-5-13/h4-10H,1-3H3,(H,18,20). The summed E-state index contributed by atoms with van der Waals surface area (Å²) in [7, 11) is 1.60. The van der Waals surface area contributed by atoms with Crippen molar-refractivity contribution in [1.82, 2.24) is 4.98 Å². The second kappa shape index (κ2) is 6.22. The lowest BCUT2D eigenvalue weighted by molar-refractivity contribution is 0.104. The van der Waals surface area contributed by atoms with Gasteiger partial charge in [-0.15, -0.1) is 0 Å². The van der Waals surface area contributed by atoms with Crippen LogP contribution in [0.5, 0.6) is 5.75 Å². The van der Waals surface area contributed by atoms with Crippen molar-refractivity contribution in [2.75, 3.05) is 7.11 Å². The number of rotatable bonds is 4. The van der Waals surface area contributed by atoms with Crippen LogP contribution in [0, 0.1) is 13.8 Å². The van der Waals surface area contributed by atoms with Gasteiger partial charge in [-0.05, 0) is 49.2 Å². The number of ketones is 1. The van der Waals surface area contributed by atoms with Crippen LogP contribution in [0.2, 0.25) is 0 Å². The number of hydrogen-bond acceptors (Lipinski definition) is 3. The lowest BCUT2D eigenvalue weighted by atomic mass is 10.1. The topological polar surface area (TPSA) is 59.2 Å². The Hall–Kier alpha value is -2.62. The van der Waals surface area contributed by atoms with E-state index in [1.807, 2.05) is 24.3 Å². The van der Waals surface area contributed by atoms with E-state index in [-0.39, 0.29) is 16.9 Å². The van der Waals surface area contributed by atoms with E-state index in [0.717, 1.165) is 17.0 Å². The molecule has 0 saturated heterocycles. The van der Waals surface area contributed by atoms with Gasteiger partial charge in [-0.3, -0.25) is 9.59 Å². The van der Waals surface area contributed by atoms with Gasteiger partial charge in [-0.2, -0.15) is 0 Å². The highest BCUT2D eigenvalue weighted by Crippen LogP contribution is 2.13. The number of ether oxygens (including phenoxy) is 1. The molecule has 1 heterocycles. The highest BCUT2D eigenvalue weighted by atomic mass is 16.5. The smallest absolute Gasteiger partial charge is 0.259 e. The number of methoxy groups -OCH3 is 1. The molecule has 0 unspecified atom stereocenters. The molecule has 0 aliphatic carbocycles. The van der Waals surface area contributed by atoms with E-state index in [2.05, 4.69) is 4.98 Å². The zero-order valence-corrected chi connectivity index (χ0v) is 12.3. The molecule has 1 aromatic heterocycles. The van der Waals surface area contributed by atoms with Gasteiger partial charge in [0.2, 0.25) is 0 Å². The Morgan fingerprint density at radius 2 is 1.86 bits per heavy atom. The van der Waals surface area contributed by atoms with E-state index in [1.54, 1.807) is 33.1 Å². The molecule has 0 aliphatic rings. The van der Waals surface area contributed by atoms with E-state index in [4.69, 9.17) is 4.74 Å². The maximum atomic E-state index is 12.2. The number of hydrogen-bond donors (Lipinski definition) is 1. The molecule has 108 valence electrons. The fourth-order valence-electron chi connectivity index (χ4n) is 2.13. The lowest BCUT2D eigenvalue weighted by Crippen LogP contribution is -2.19. The van der Waals surface area contributed by atoms with Crippen molar-refractivity contribution in [1.29, 1.82) is 0 Å². The number of allylic oxidation sites excluding steroid dienone is 1. The number of carbonyl (C=O) groups excluding carboxylic acids is 1. The number of H-pyrrole nitrogens is 1. The van der Waals surface area contributed by atoms with Crippen molar-refractivity contribution in [3.63, 3.8) is 0 Å². The van der Waals surface area contributed by atoms with Crippen LogP contribution in [0.4, 0.5) is 0 Å². The second-order valence-electron chi connectivity index (χ2n) is 4.81. The van der Waals surface area contributed by atoms with E-state index in [1.165, 1.54) is 6.08 Å². The van der Waals surface area contributed by atoms with Crippen LogP contribution in [-0.4, -0.2) is 17.9 Å². The predicted octanol–water partition coefficient (Wildman–Crippen LogP) is 2.90. The molecular formula is C17H17NO3. The number of carbonyl (C=O) groups is 1. The van der Waals surface area contributed by atoms with E-state index in [0.29, 0.717) is 5.56 Å². The van der Waals surface area contributed by atoms with Gasteiger partial charge >= 0.3 is 0 Å². The molecule has 1 N–H and O–H groups in total. The highest BCUT2D eigenvalue weighted by Gasteiger charge is 2.11. The Balaban J connectivity index is 2.25. The van der Waals surface area contributed by atoms with Crippen LogP contribution in [0.3, 0.4) is 0 Å². The summed E-state index contributed by atoms with van der Waals surface area (Å²) in [6.45, 7) is 3.55. The lowest BCUT2D eigenvalue weighted by Gasteiger charge is -2.02. The third-order valence-electron chi connectivity index (χ3n) is 3.15. The highest BCUT2D eigenvalue weighted by molar-refractivity contribution is 6.07. The zero-order valence-electron chi connectivity index (χ0n) is 12.3. The predicted molar refractivity (Wildman–Crippen MR) is 82.9 cm³/mol. The van der Waals surface area contributed by atoms with E-state index in [9.17, 15) is 9.59 Å². The van der Waals surface area contributed by atoms with E-state index < -0.39 is 0 Å². The molecule has 0 fully saturated rings. The number of benzene rings is 1. The summed E-state index contributed by atoms with van der Waals surface area (Å²) in [5.41, 5.74) is 2.13. The van der Waals surface area contributed by atoms with Gasteiger partial charge in [-0.25, -0.2) is 0 Å². The Kier molecular flexibility index (Phi) is 4.38. The third kappa shape index (κ3) is 3.48. The normalized spacial score (nSPS) is 10.8. The van der Waals surface area contributed by atoms with Gasteiger partial charge in [0.05, 0.1) is 12.7 Å². The molecule has 2 rings (SSSR count). The minimum Gasteiger partial charge on any atom is -0.497 e. The van der Waals surface area contributed by atoms with Crippen molar-refractivity contribution < 1.29 is 9.53 Å². The summed E-state index contributed by atoms with van der Waals surface area (Å²) in [5, 5.41) is 0. The van der Waals surface area contributed by atoms with Gasteiger partial charge < -0.3 is 9.72 Å². The van der Waals surface area contributed by atoms with Gasteiger partial charge in [0, 0.05) is 5.69 Å². The van der Waals surface area contributed by atoms with Crippen molar-refractivity contribution in [3.8, 4) is 5.75 Å². The van der Waals surface area contributed by atoms with Gasteiger partial charge in [-0.1, -0.05) is 18.2 Å². The first-order valence-electron chi connectivity index (χ1n) is 6.58. The van der Waals surface area contributed by atoms with Crippen molar-refractivity contribution in [2.45, 2.75) is 13.8 Å². The Labute approximate surface area is 123 Å². The monoisotopic (exact) mass is 283 g/mol. The Morgan fingerprint density at radius 3 is 2.43 bits per heavy atom. The fourth-order valence-corrected chi connectivity index (χ4v) is 2.13. The van der Waals surface area contributed by atoms with Crippen LogP contribution in [0.15, 0.2) is 41.2 Å². The molecule has 0 bridgehead atoms. The van der Waals surface area contributed by atoms with Crippen LogP contribution < -0.4 is 10.3 Å². The van der Waals surface area contributed by atoms with Crippen LogP contribution in [0.1, 0.15) is 27.2 Å². The molecule has 0 radical (unpaired) electrons. The zero-order chi connectivity index (χ0) is 15.4. The van der Waals surface area contributed by atoms with E-state index >= 15 is 0 Å². The maximum Gasteiger partial charge on any atom is 0.259 e. The van der Waals surface area contributed by atoms with Gasteiger partial charge in [0.15, 0.2) is 5.78 Å². The molecule has 2 aromatic rings. The summed E-state index contributed by atoms with van der Waals surface area (Å²) in [4.78, 5) is 26.7. The van der Waals surface area contributed by atoms with Crippen molar-refractivity contribution in [2.24, 2.45) is 0 Å². The molecule has 0 amide bonds. The number of nitrogens with one attached hydrogen (secondary N) is 1. The first kappa shape index (κ1) is 14.8. The summed E-state index contributed by atoms with van der Waals surface area (Å²) < 4.78 is 5.07. The molecule has 0 saturated carbocycles. The summed E-state index contributed by atoms with van der Waals surface area (Å²) >= 11 is 0. The summed E-state index contributed by atoms with van der Waals surface area (Å²) in [6.07, 6.45) is 3.09. The minimum absolute atomic E-state index is 0.186. The first-order valence-corrected chi connectivity index (χ1v) is 6.58. The number of aromatic nitrogens is 1. The molecule has 21 heavy (non-hydrogen) atoms. The Morgan fingerprint density at radius 1 is 1.19 bits per heavy atom. The molecule has 1 aromatic carbocycles. The number of pyridine rings is 1. The van der Waals surface area contributed by atoms with Crippen LogP contribution >= 0.6 is 0 Å². The third-order valence-corrected chi connectivity index (χ3v) is 3.15. The minimum atomic E-state index is -0.350.